The third-order valence-corrected chi connectivity index (χ3v) is 1.26. The minimum Gasteiger partial charge on any atom is -0.240 e. The molecule has 0 nitrogen and oxygen atoms in total. The van der Waals surface area contributed by atoms with Crippen LogP contribution in [0, 0.1) is 5.92 Å². The normalized spacial score (nSPS) is 16.5. The number of halogens is 9. The Hall–Kier alpha value is -0.630. The molecule has 9 heteroatoms. The molecule has 1 atom stereocenters. The summed E-state index contributed by atoms with van der Waals surface area (Å²) in [7, 11) is 0. The quantitative estimate of drug-likeness (QED) is 0.643. The summed E-state index contributed by atoms with van der Waals surface area (Å²) in [5, 5.41) is 0. The molecule has 0 heterocycles. The van der Waals surface area contributed by atoms with Crippen LogP contribution < -0.4 is 0 Å². The second kappa shape index (κ2) is 3.85. The average molecular weight is 234 g/mol. The Morgan fingerprint density at radius 3 is 1.00 bits per heavy atom. The second-order valence-electron chi connectivity index (χ2n) is 2.34. The van der Waals surface area contributed by atoms with Gasteiger partial charge in [0.05, 0.1) is 0 Å². The summed E-state index contributed by atoms with van der Waals surface area (Å²) in [4.78, 5) is 0. The average Bonchev–Trinajstić information content (AvgIpc) is 1.79. The Balaban J connectivity index is 4.94. The zero-order valence-corrected chi connectivity index (χ0v) is 6.13. The van der Waals surface area contributed by atoms with E-state index in [0.717, 1.165) is 0 Å². The molecule has 0 aliphatic carbocycles. The van der Waals surface area contributed by atoms with Gasteiger partial charge in [-0.2, -0.15) is 26.3 Å². The van der Waals surface area contributed by atoms with Crippen molar-refractivity contribution >= 4 is 0 Å². The third kappa shape index (κ3) is 3.26. The second-order valence-corrected chi connectivity index (χ2v) is 2.34. The molecular weight excluding hydrogens is 231 g/mol. The molecule has 0 saturated carbocycles. The van der Waals surface area contributed by atoms with Crippen molar-refractivity contribution in [2.24, 2.45) is 5.92 Å². The van der Waals surface area contributed by atoms with Gasteiger partial charge in [-0.15, -0.1) is 0 Å². The maximum atomic E-state index is 12.0. The summed E-state index contributed by atoms with van der Waals surface area (Å²) in [5.41, 5.74) is 0. The summed E-state index contributed by atoms with van der Waals surface area (Å²) >= 11 is 0. The molecule has 0 aliphatic heterocycles. The maximum absolute atomic E-state index is 12.0. The first kappa shape index (κ1) is 13.4. The van der Waals surface area contributed by atoms with Crippen LogP contribution in [-0.4, -0.2) is 24.9 Å². The van der Waals surface area contributed by atoms with Gasteiger partial charge in [-0.05, 0) is 0 Å². The number of hydrogen-bond acceptors (Lipinski definition) is 0. The highest BCUT2D eigenvalue weighted by molar-refractivity contribution is 4.83. The van der Waals surface area contributed by atoms with Gasteiger partial charge < -0.3 is 0 Å². The van der Waals surface area contributed by atoms with Gasteiger partial charge in [0, 0.05) is 0 Å². The molecule has 0 N–H and O–H groups in total. The van der Waals surface area contributed by atoms with E-state index in [9.17, 15) is 39.5 Å². The van der Waals surface area contributed by atoms with E-state index in [-0.39, 0.29) is 0 Å². The van der Waals surface area contributed by atoms with Crippen LogP contribution in [0.1, 0.15) is 0 Å². The number of alkyl halides is 9. The number of rotatable bonds is 2. The number of hydrogen-bond donors (Lipinski definition) is 0. The van der Waals surface area contributed by atoms with E-state index in [4.69, 9.17) is 0 Å². The van der Waals surface area contributed by atoms with E-state index in [1.165, 1.54) is 0 Å². The third-order valence-electron chi connectivity index (χ3n) is 1.26. The molecule has 14 heavy (non-hydrogen) atoms. The van der Waals surface area contributed by atoms with E-state index in [1.807, 2.05) is 0 Å². The molecule has 0 aromatic heterocycles. The zero-order valence-electron chi connectivity index (χ0n) is 6.13. The highest BCUT2D eigenvalue weighted by Crippen LogP contribution is 2.43. The maximum Gasteiger partial charge on any atom is 0.403 e. The minimum absolute atomic E-state index is 4.30. The summed E-state index contributed by atoms with van der Waals surface area (Å²) in [6.45, 7) is 0. The summed E-state index contributed by atoms with van der Waals surface area (Å²) in [5.74, 6) is -4.64. The van der Waals surface area contributed by atoms with Crippen LogP contribution in [0.4, 0.5) is 39.5 Å². The van der Waals surface area contributed by atoms with Crippen LogP contribution in [0.5, 0.6) is 0 Å². The van der Waals surface area contributed by atoms with Gasteiger partial charge in [0.2, 0.25) is 0 Å². The van der Waals surface area contributed by atoms with Gasteiger partial charge in [-0.3, -0.25) is 0 Å². The van der Waals surface area contributed by atoms with Crippen LogP contribution in [0.3, 0.4) is 0 Å². The van der Waals surface area contributed by atoms with Gasteiger partial charge in [-0.25, -0.2) is 13.2 Å². The topological polar surface area (TPSA) is 0 Å². The van der Waals surface area contributed by atoms with E-state index in [2.05, 4.69) is 0 Å². The molecule has 0 amide bonds. The first-order valence-corrected chi connectivity index (χ1v) is 3.03. The predicted octanol–water partition coefficient (Wildman–Crippen LogP) is 3.33. The Morgan fingerprint density at radius 1 is 0.643 bits per heavy atom. The summed E-state index contributed by atoms with van der Waals surface area (Å²) in [6.07, 6.45) is -20.8. The Bertz CT molecular complexity index is 163. The van der Waals surface area contributed by atoms with Crippen LogP contribution >= 0.6 is 0 Å². The largest absolute Gasteiger partial charge is 0.403 e. The van der Waals surface area contributed by atoms with Crippen molar-refractivity contribution < 1.29 is 39.5 Å². The smallest absolute Gasteiger partial charge is 0.240 e. The van der Waals surface area contributed by atoms with Crippen molar-refractivity contribution in [3.63, 3.8) is 0 Å². The summed E-state index contributed by atoms with van der Waals surface area (Å²) in [6, 6.07) is 0. The molecule has 0 saturated heterocycles. The first-order valence-electron chi connectivity index (χ1n) is 3.03. The zero-order chi connectivity index (χ0) is 11.7. The van der Waals surface area contributed by atoms with Crippen LogP contribution in [0.2, 0.25) is 0 Å². The van der Waals surface area contributed by atoms with Crippen LogP contribution in [-0.2, 0) is 0 Å². The van der Waals surface area contributed by atoms with Crippen LogP contribution in [0.15, 0.2) is 0 Å². The van der Waals surface area contributed by atoms with Gasteiger partial charge in [0.25, 0.3) is 6.43 Å². The van der Waals surface area contributed by atoms with E-state index >= 15 is 0 Å². The minimum atomic E-state index is -6.08. The van der Waals surface area contributed by atoms with Gasteiger partial charge in [0.15, 0.2) is 12.1 Å². The molecule has 0 bridgehead atoms. The van der Waals surface area contributed by atoms with Crippen molar-refractivity contribution in [3.05, 3.63) is 0 Å². The molecule has 0 aliphatic rings. The van der Waals surface area contributed by atoms with Crippen molar-refractivity contribution in [1.82, 2.24) is 0 Å². The molecule has 0 aromatic rings. The van der Waals surface area contributed by atoms with E-state index < -0.39 is 30.9 Å². The summed E-state index contributed by atoms with van der Waals surface area (Å²) < 4.78 is 104. The molecule has 0 rings (SSSR count). The lowest BCUT2D eigenvalue weighted by Crippen LogP contribution is -2.45. The SMILES string of the molecule is FC(F)C(F)C(C(F)(F)F)C(F)(F)F. The highest BCUT2D eigenvalue weighted by atomic mass is 19.4. The lowest BCUT2D eigenvalue weighted by molar-refractivity contribution is -0.307. The predicted molar refractivity (Wildman–Crippen MR) is 26.5 cm³/mol. The lowest BCUT2D eigenvalue weighted by Gasteiger charge is -2.25. The van der Waals surface area contributed by atoms with Crippen LogP contribution in [0.25, 0.3) is 0 Å². The highest BCUT2D eigenvalue weighted by Gasteiger charge is 2.63. The fourth-order valence-corrected chi connectivity index (χ4v) is 0.692. The fourth-order valence-electron chi connectivity index (χ4n) is 0.692. The first-order chi connectivity index (χ1) is 5.98. The van der Waals surface area contributed by atoms with E-state index in [1.54, 1.807) is 0 Å². The van der Waals surface area contributed by atoms with Gasteiger partial charge in [-0.1, -0.05) is 0 Å². The van der Waals surface area contributed by atoms with Gasteiger partial charge in [0.1, 0.15) is 0 Å². The molecule has 0 aromatic carbocycles. The Kier molecular flexibility index (Phi) is 3.68. The standard InChI is InChI=1S/C5H3F9/c6-1(3(7)8)2(4(9,10)11)5(12,13)14/h1-3H. The van der Waals surface area contributed by atoms with Gasteiger partial charge >= 0.3 is 12.4 Å². The van der Waals surface area contributed by atoms with Crippen molar-refractivity contribution in [2.45, 2.75) is 24.9 Å². The lowest BCUT2D eigenvalue weighted by atomic mass is 10.0. The molecule has 86 valence electrons. The molecular formula is C5H3F9. The molecule has 0 spiro atoms. The molecule has 0 fully saturated rings. The fraction of sp³-hybridized carbons (Fsp3) is 1.00. The van der Waals surface area contributed by atoms with Crippen molar-refractivity contribution in [3.8, 4) is 0 Å². The molecule has 1 unspecified atom stereocenters. The Labute approximate surface area is 71.7 Å². The van der Waals surface area contributed by atoms with E-state index in [0.29, 0.717) is 0 Å². The molecule has 0 radical (unpaired) electrons. The Morgan fingerprint density at radius 2 is 0.929 bits per heavy atom. The van der Waals surface area contributed by atoms with Crippen molar-refractivity contribution in [2.75, 3.05) is 0 Å². The van der Waals surface area contributed by atoms with Crippen molar-refractivity contribution in [1.29, 1.82) is 0 Å². The monoisotopic (exact) mass is 234 g/mol.